The lowest BCUT2D eigenvalue weighted by Crippen LogP contribution is -2.38. The molecule has 3 nitrogen and oxygen atoms in total. The zero-order chi connectivity index (χ0) is 14.1. The molecule has 1 aromatic carbocycles. The molecule has 0 amide bonds. The van der Waals surface area contributed by atoms with Crippen LogP contribution in [0.4, 0.5) is 0 Å². The average molecular weight is 387 g/mol. The van der Waals surface area contributed by atoms with E-state index in [0.29, 0.717) is 0 Å². The molecule has 0 saturated heterocycles. The van der Waals surface area contributed by atoms with Gasteiger partial charge in [0, 0.05) is 27.2 Å². The van der Waals surface area contributed by atoms with Crippen molar-refractivity contribution in [2.75, 3.05) is 20.6 Å². The lowest BCUT2D eigenvalue weighted by atomic mass is 10.1. The molecule has 0 heterocycles. The Balaban J connectivity index is 0.00000361. The number of rotatable bonds is 6. The lowest BCUT2D eigenvalue weighted by molar-refractivity contribution is 0.470. The van der Waals surface area contributed by atoms with E-state index in [2.05, 4.69) is 60.0 Å². The highest BCUT2D eigenvalue weighted by Gasteiger charge is 2.04. The monoisotopic (exact) mass is 387 g/mol. The number of hydrogen-bond donors (Lipinski definition) is 1. The summed E-state index contributed by atoms with van der Waals surface area (Å²) in [5.41, 5.74) is 2.56. The van der Waals surface area contributed by atoms with Gasteiger partial charge in [-0.1, -0.05) is 35.9 Å². The number of aryl methyl sites for hydroxylation is 1. The van der Waals surface area contributed by atoms with E-state index in [9.17, 15) is 0 Å². The Morgan fingerprint density at radius 2 is 2.00 bits per heavy atom. The largest absolute Gasteiger partial charge is 0.352 e. The van der Waals surface area contributed by atoms with Crippen LogP contribution in [-0.2, 0) is 6.54 Å². The molecule has 0 atom stereocenters. The molecule has 0 spiro atoms. The molecule has 0 aromatic heterocycles. The second-order valence-electron chi connectivity index (χ2n) is 4.74. The van der Waals surface area contributed by atoms with E-state index in [1.54, 1.807) is 0 Å². The van der Waals surface area contributed by atoms with E-state index in [1.807, 2.05) is 13.1 Å². The van der Waals surface area contributed by atoms with Crippen LogP contribution in [0.15, 0.2) is 41.9 Å². The van der Waals surface area contributed by atoms with E-state index in [0.717, 1.165) is 31.9 Å². The van der Waals surface area contributed by atoms with Crippen LogP contribution in [0.5, 0.6) is 0 Å². The van der Waals surface area contributed by atoms with Crippen LogP contribution < -0.4 is 5.32 Å². The van der Waals surface area contributed by atoms with Gasteiger partial charge in [-0.25, -0.2) is 0 Å². The molecule has 0 saturated carbocycles. The van der Waals surface area contributed by atoms with Crippen molar-refractivity contribution in [1.29, 1.82) is 0 Å². The lowest BCUT2D eigenvalue weighted by Gasteiger charge is -2.21. The number of guanidine groups is 1. The first-order chi connectivity index (χ1) is 9.17. The fourth-order valence-corrected chi connectivity index (χ4v) is 1.85. The summed E-state index contributed by atoms with van der Waals surface area (Å²) >= 11 is 0. The van der Waals surface area contributed by atoms with Gasteiger partial charge in [-0.15, -0.1) is 30.6 Å². The standard InChI is InChI=1S/C16H25N3.HI/c1-5-6-7-12-19(4)16(17-3)18-13-15-10-8-14(2)9-11-15;/h5,8-11H,1,6-7,12-13H2,2-4H3,(H,17,18);1H. The normalized spacial score (nSPS) is 10.7. The molecule has 0 bridgehead atoms. The van der Waals surface area contributed by atoms with Gasteiger partial charge in [0.1, 0.15) is 0 Å². The van der Waals surface area contributed by atoms with Crippen LogP contribution in [0.1, 0.15) is 24.0 Å². The van der Waals surface area contributed by atoms with E-state index < -0.39 is 0 Å². The highest BCUT2D eigenvalue weighted by Crippen LogP contribution is 2.03. The summed E-state index contributed by atoms with van der Waals surface area (Å²) in [4.78, 5) is 6.46. The highest BCUT2D eigenvalue weighted by molar-refractivity contribution is 14.0. The van der Waals surface area contributed by atoms with Gasteiger partial charge >= 0.3 is 0 Å². The Morgan fingerprint density at radius 3 is 2.55 bits per heavy atom. The van der Waals surface area contributed by atoms with Crippen molar-refractivity contribution >= 4 is 29.9 Å². The van der Waals surface area contributed by atoms with Crippen molar-refractivity contribution in [2.24, 2.45) is 4.99 Å². The number of hydrogen-bond acceptors (Lipinski definition) is 1. The number of unbranched alkanes of at least 4 members (excludes halogenated alkanes) is 1. The molecule has 0 fully saturated rings. The van der Waals surface area contributed by atoms with Crippen LogP contribution in [-0.4, -0.2) is 31.5 Å². The Labute approximate surface area is 140 Å². The molecule has 1 N–H and O–H groups in total. The maximum atomic E-state index is 4.30. The first-order valence-corrected chi connectivity index (χ1v) is 6.75. The minimum Gasteiger partial charge on any atom is -0.352 e. The molecule has 1 aromatic rings. The first-order valence-electron chi connectivity index (χ1n) is 6.75. The SMILES string of the molecule is C=CCCCN(C)C(=NC)NCc1ccc(C)cc1.I. The third-order valence-corrected chi connectivity index (χ3v) is 3.05. The summed E-state index contributed by atoms with van der Waals surface area (Å²) in [7, 11) is 3.88. The molecule has 0 unspecified atom stereocenters. The van der Waals surface area contributed by atoms with E-state index >= 15 is 0 Å². The van der Waals surface area contributed by atoms with Crippen molar-refractivity contribution in [1.82, 2.24) is 10.2 Å². The molecule has 4 heteroatoms. The zero-order valence-corrected chi connectivity index (χ0v) is 15.1. The summed E-state index contributed by atoms with van der Waals surface area (Å²) < 4.78 is 0. The van der Waals surface area contributed by atoms with Gasteiger partial charge in [0.25, 0.3) is 0 Å². The number of aliphatic imine (C=N–C) groups is 1. The molecule has 0 aliphatic heterocycles. The number of nitrogens with zero attached hydrogens (tertiary/aromatic N) is 2. The van der Waals surface area contributed by atoms with E-state index in [-0.39, 0.29) is 24.0 Å². The fourth-order valence-electron chi connectivity index (χ4n) is 1.85. The summed E-state index contributed by atoms with van der Waals surface area (Å²) in [6.07, 6.45) is 4.10. The average Bonchev–Trinajstić information content (AvgIpc) is 2.42. The second kappa shape index (κ2) is 10.7. The number of allylic oxidation sites excluding steroid dienone is 1. The van der Waals surface area contributed by atoms with Gasteiger partial charge < -0.3 is 10.2 Å². The van der Waals surface area contributed by atoms with Crippen LogP contribution in [0.25, 0.3) is 0 Å². The predicted octanol–water partition coefficient (Wildman–Crippen LogP) is 3.59. The van der Waals surface area contributed by atoms with Crippen molar-refractivity contribution in [2.45, 2.75) is 26.3 Å². The van der Waals surface area contributed by atoms with Crippen molar-refractivity contribution < 1.29 is 0 Å². The Kier molecular flexibility index (Phi) is 10.2. The fraction of sp³-hybridized carbons (Fsp3) is 0.438. The molecular weight excluding hydrogens is 361 g/mol. The maximum Gasteiger partial charge on any atom is 0.193 e. The Hall–Kier alpha value is -1.04. The quantitative estimate of drug-likeness (QED) is 0.266. The highest BCUT2D eigenvalue weighted by atomic mass is 127. The maximum absolute atomic E-state index is 4.30. The van der Waals surface area contributed by atoms with Gasteiger partial charge in [-0.2, -0.15) is 0 Å². The first kappa shape index (κ1) is 19.0. The summed E-state index contributed by atoms with van der Waals surface area (Å²) in [5, 5.41) is 3.38. The van der Waals surface area contributed by atoms with Gasteiger partial charge in [-0.05, 0) is 25.3 Å². The molecule has 0 aliphatic rings. The smallest absolute Gasteiger partial charge is 0.193 e. The molecule has 1 rings (SSSR count). The second-order valence-corrected chi connectivity index (χ2v) is 4.74. The summed E-state index contributed by atoms with van der Waals surface area (Å²) in [5.74, 6) is 0.935. The summed E-state index contributed by atoms with van der Waals surface area (Å²) in [6, 6.07) is 8.56. The molecule has 0 aliphatic carbocycles. The number of nitrogens with one attached hydrogen (secondary N) is 1. The Morgan fingerprint density at radius 1 is 1.35 bits per heavy atom. The minimum atomic E-state index is 0. The topological polar surface area (TPSA) is 27.6 Å². The summed E-state index contributed by atoms with van der Waals surface area (Å²) in [6.45, 7) is 7.63. The van der Waals surface area contributed by atoms with Crippen LogP contribution in [0.3, 0.4) is 0 Å². The van der Waals surface area contributed by atoms with E-state index in [1.165, 1.54) is 11.1 Å². The molecule has 112 valence electrons. The number of halogens is 1. The van der Waals surface area contributed by atoms with Crippen LogP contribution in [0.2, 0.25) is 0 Å². The van der Waals surface area contributed by atoms with Gasteiger partial charge in [0.2, 0.25) is 0 Å². The Bertz CT molecular complexity index is 412. The molecular formula is C16H26IN3. The van der Waals surface area contributed by atoms with Crippen molar-refractivity contribution in [3.63, 3.8) is 0 Å². The zero-order valence-electron chi connectivity index (χ0n) is 12.7. The molecule has 0 radical (unpaired) electrons. The van der Waals surface area contributed by atoms with Gasteiger partial charge in [-0.3, -0.25) is 4.99 Å². The van der Waals surface area contributed by atoms with Gasteiger partial charge in [0.15, 0.2) is 5.96 Å². The predicted molar refractivity (Wildman–Crippen MR) is 98.9 cm³/mol. The third-order valence-electron chi connectivity index (χ3n) is 3.05. The minimum absolute atomic E-state index is 0. The van der Waals surface area contributed by atoms with Crippen LogP contribution >= 0.6 is 24.0 Å². The van der Waals surface area contributed by atoms with Crippen LogP contribution in [0, 0.1) is 6.92 Å². The molecule has 20 heavy (non-hydrogen) atoms. The van der Waals surface area contributed by atoms with Crippen molar-refractivity contribution in [3.8, 4) is 0 Å². The third kappa shape index (κ3) is 6.93. The number of benzene rings is 1. The van der Waals surface area contributed by atoms with Gasteiger partial charge in [0.05, 0.1) is 0 Å². The van der Waals surface area contributed by atoms with E-state index in [4.69, 9.17) is 0 Å². The van der Waals surface area contributed by atoms with Crippen molar-refractivity contribution in [3.05, 3.63) is 48.0 Å².